The van der Waals surface area contributed by atoms with Crippen LogP contribution in [-0.4, -0.2) is 11.8 Å². The third-order valence-corrected chi connectivity index (χ3v) is 2.31. The summed E-state index contributed by atoms with van der Waals surface area (Å²) in [4.78, 5) is 21.9. The van der Waals surface area contributed by atoms with E-state index in [1.807, 2.05) is 0 Å². The molecule has 0 heterocycles. The molecule has 1 aliphatic rings. The molecule has 0 radical (unpaired) electrons. The Morgan fingerprint density at radius 3 is 2.77 bits per heavy atom. The molecular weight excluding hydrogens is 168 g/mol. The lowest BCUT2D eigenvalue weighted by Gasteiger charge is -2.10. The zero-order valence-corrected chi connectivity index (χ0v) is 6.82. The van der Waals surface area contributed by atoms with Crippen LogP contribution in [-0.2, 0) is 4.79 Å². The summed E-state index contributed by atoms with van der Waals surface area (Å²) < 4.78 is 0. The highest BCUT2D eigenvalue weighted by Crippen LogP contribution is 2.31. The number of aliphatic carboxylic acids is 1. The average Bonchev–Trinajstić information content (AvgIpc) is 2.45. The molecule has 3 nitrogen and oxygen atoms in total. The molecule has 0 saturated carbocycles. The number of hydrogen-bond acceptors (Lipinski definition) is 3. The molecule has 0 aliphatic heterocycles. The van der Waals surface area contributed by atoms with E-state index in [1.165, 1.54) is 0 Å². The Hall–Kier alpha value is -1.64. The number of carboxylic acid groups (broad SMARTS) is 1. The molecule has 0 amide bonds. The average molecular weight is 175 g/mol. The smallest absolute Gasteiger partial charge is 0.164 e. The summed E-state index contributed by atoms with van der Waals surface area (Å²) in [5.41, 5.74) is 1.12. The monoisotopic (exact) mass is 175 g/mol. The van der Waals surface area contributed by atoms with Gasteiger partial charge in [-0.15, -0.1) is 0 Å². The third-order valence-electron chi connectivity index (χ3n) is 2.31. The molecule has 13 heavy (non-hydrogen) atoms. The molecule has 1 aliphatic carbocycles. The van der Waals surface area contributed by atoms with Gasteiger partial charge in [-0.1, -0.05) is 24.3 Å². The van der Waals surface area contributed by atoms with Crippen molar-refractivity contribution in [2.75, 3.05) is 0 Å². The predicted molar refractivity (Wildman–Crippen MR) is 43.1 cm³/mol. The number of benzene rings is 1. The molecule has 66 valence electrons. The van der Waals surface area contributed by atoms with E-state index in [4.69, 9.17) is 0 Å². The lowest BCUT2D eigenvalue weighted by molar-refractivity contribution is -0.307. The Morgan fingerprint density at radius 2 is 2.08 bits per heavy atom. The molecule has 0 saturated heterocycles. The molecule has 0 N–H and O–H groups in total. The van der Waals surface area contributed by atoms with Crippen LogP contribution in [0.2, 0.25) is 0 Å². The number of rotatable bonds is 1. The fraction of sp³-hybridized carbons (Fsp3) is 0.200. The zero-order valence-electron chi connectivity index (χ0n) is 6.82. The Kier molecular flexibility index (Phi) is 1.65. The molecule has 1 aromatic carbocycles. The standard InChI is InChI=1S/C10H8O3/c11-9-5-8(10(12)13)6-3-1-2-4-7(6)9/h1-4,8H,5H2,(H,12,13)/p-1/t8-/m0/s1. The Balaban J connectivity index is 2.53. The van der Waals surface area contributed by atoms with Crippen LogP contribution >= 0.6 is 0 Å². The van der Waals surface area contributed by atoms with Crippen LogP contribution in [0.3, 0.4) is 0 Å². The van der Waals surface area contributed by atoms with Gasteiger partial charge in [0.1, 0.15) is 0 Å². The summed E-state index contributed by atoms with van der Waals surface area (Å²) in [6.45, 7) is 0. The molecule has 3 heteroatoms. The van der Waals surface area contributed by atoms with E-state index >= 15 is 0 Å². The van der Waals surface area contributed by atoms with Gasteiger partial charge in [0.15, 0.2) is 5.78 Å². The van der Waals surface area contributed by atoms with Crippen molar-refractivity contribution >= 4 is 11.8 Å². The van der Waals surface area contributed by atoms with Crippen molar-refractivity contribution in [2.24, 2.45) is 0 Å². The molecule has 1 atom stereocenters. The second-order valence-electron chi connectivity index (χ2n) is 3.09. The molecular formula is C10H7O3-. The van der Waals surface area contributed by atoms with Crippen LogP contribution in [0.4, 0.5) is 0 Å². The van der Waals surface area contributed by atoms with Crippen molar-refractivity contribution in [3.8, 4) is 0 Å². The summed E-state index contributed by atoms with van der Waals surface area (Å²) >= 11 is 0. The lowest BCUT2D eigenvalue weighted by Crippen LogP contribution is -2.28. The fourth-order valence-corrected chi connectivity index (χ4v) is 1.67. The minimum absolute atomic E-state index is 0.0433. The van der Waals surface area contributed by atoms with E-state index in [0.29, 0.717) is 11.1 Å². The maximum Gasteiger partial charge on any atom is 0.164 e. The predicted octanol–water partition coefficient (Wildman–Crippen LogP) is 0.106. The lowest BCUT2D eigenvalue weighted by atomic mass is 10.0. The Morgan fingerprint density at radius 1 is 1.38 bits per heavy atom. The van der Waals surface area contributed by atoms with Gasteiger partial charge in [-0.05, 0) is 5.56 Å². The first-order chi connectivity index (χ1) is 6.20. The number of carboxylic acids is 1. The van der Waals surface area contributed by atoms with Crippen molar-refractivity contribution in [3.63, 3.8) is 0 Å². The van der Waals surface area contributed by atoms with E-state index in [9.17, 15) is 14.7 Å². The summed E-state index contributed by atoms with van der Waals surface area (Å²) in [5.74, 6) is -2.02. The summed E-state index contributed by atoms with van der Waals surface area (Å²) in [5, 5.41) is 10.6. The molecule has 2 rings (SSSR count). The number of carbonyl (C=O) groups excluding carboxylic acids is 2. The number of ketones is 1. The minimum atomic E-state index is -1.17. The highest BCUT2D eigenvalue weighted by molar-refractivity contribution is 6.05. The zero-order chi connectivity index (χ0) is 9.42. The Bertz CT molecular complexity index is 382. The summed E-state index contributed by atoms with van der Waals surface area (Å²) in [7, 11) is 0. The van der Waals surface area contributed by atoms with Gasteiger partial charge in [0.05, 0.1) is 0 Å². The molecule has 0 unspecified atom stereocenters. The number of hydrogen-bond donors (Lipinski definition) is 0. The maximum atomic E-state index is 11.3. The van der Waals surface area contributed by atoms with Gasteiger partial charge in [-0.3, -0.25) is 4.79 Å². The van der Waals surface area contributed by atoms with Crippen LogP contribution in [0.5, 0.6) is 0 Å². The van der Waals surface area contributed by atoms with Crippen molar-refractivity contribution in [2.45, 2.75) is 12.3 Å². The molecule has 1 aromatic rings. The Labute approximate surface area is 75.0 Å². The van der Waals surface area contributed by atoms with Gasteiger partial charge in [-0.25, -0.2) is 0 Å². The van der Waals surface area contributed by atoms with E-state index < -0.39 is 11.9 Å². The summed E-state index contributed by atoms with van der Waals surface area (Å²) in [6.07, 6.45) is 0.0433. The van der Waals surface area contributed by atoms with Crippen LogP contribution in [0, 0.1) is 0 Å². The van der Waals surface area contributed by atoms with E-state index in [2.05, 4.69) is 0 Å². The van der Waals surface area contributed by atoms with Gasteiger partial charge in [0, 0.05) is 23.9 Å². The van der Waals surface area contributed by atoms with E-state index in [1.54, 1.807) is 24.3 Å². The van der Waals surface area contributed by atoms with E-state index in [0.717, 1.165) is 0 Å². The van der Waals surface area contributed by atoms with Crippen molar-refractivity contribution in [1.82, 2.24) is 0 Å². The molecule has 0 bridgehead atoms. The minimum Gasteiger partial charge on any atom is -0.549 e. The van der Waals surface area contributed by atoms with Crippen molar-refractivity contribution in [3.05, 3.63) is 35.4 Å². The first-order valence-corrected chi connectivity index (χ1v) is 4.03. The second kappa shape index (κ2) is 2.69. The van der Waals surface area contributed by atoms with Gasteiger partial charge in [-0.2, -0.15) is 0 Å². The number of Topliss-reactive ketones (excluding diaryl/α,β-unsaturated/α-hetero) is 1. The summed E-state index contributed by atoms with van der Waals surface area (Å²) in [6, 6.07) is 6.78. The van der Waals surface area contributed by atoms with Crippen LogP contribution in [0.15, 0.2) is 24.3 Å². The van der Waals surface area contributed by atoms with E-state index in [-0.39, 0.29) is 12.2 Å². The highest BCUT2D eigenvalue weighted by atomic mass is 16.4. The molecule has 0 spiro atoms. The fourth-order valence-electron chi connectivity index (χ4n) is 1.67. The number of carbonyl (C=O) groups is 2. The topological polar surface area (TPSA) is 57.2 Å². The maximum absolute atomic E-state index is 11.3. The SMILES string of the molecule is O=C1C[C@H](C(=O)[O-])c2ccccc21. The van der Waals surface area contributed by atoms with Gasteiger partial charge < -0.3 is 9.90 Å². The van der Waals surface area contributed by atoms with Crippen LogP contribution in [0.25, 0.3) is 0 Å². The largest absolute Gasteiger partial charge is 0.549 e. The first kappa shape index (κ1) is 7.98. The van der Waals surface area contributed by atoms with Gasteiger partial charge in [0.2, 0.25) is 0 Å². The number of fused-ring (bicyclic) bond motifs is 1. The van der Waals surface area contributed by atoms with Crippen LogP contribution < -0.4 is 5.11 Å². The normalized spacial score (nSPS) is 20.0. The van der Waals surface area contributed by atoms with Crippen molar-refractivity contribution < 1.29 is 14.7 Å². The first-order valence-electron chi connectivity index (χ1n) is 4.03. The third kappa shape index (κ3) is 1.13. The van der Waals surface area contributed by atoms with Crippen molar-refractivity contribution in [1.29, 1.82) is 0 Å². The van der Waals surface area contributed by atoms with Gasteiger partial charge in [0.25, 0.3) is 0 Å². The highest BCUT2D eigenvalue weighted by Gasteiger charge is 2.29. The molecule has 0 aromatic heterocycles. The molecule has 0 fully saturated rings. The van der Waals surface area contributed by atoms with Crippen LogP contribution in [0.1, 0.15) is 28.3 Å². The van der Waals surface area contributed by atoms with Gasteiger partial charge >= 0.3 is 0 Å². The quantitative estimate of drug-likeness (QED) is 0.608. The second-order valence-corrected chi connectivity index (χ2v) is 3.09.